The van der Waals surface area contributed by atoms with Crippen molar-refractivity contribution in [2.24, 2.45) is 0 Å². The van der Waals surface area contributed by atoms with Crippen LogP contribution in [0.1, 0.15) is 24.1 Å². The maximum atomic E-state index is 6.46. The zero-order chi connectivity index (χ0) is 23.1. The van der Waals surface area contributed by atoms with E-state index in [2.05, 4.69) is 56.7 Å². The normalized spacial score (nSPS) is 14.7. The topological polar surface area (TPSA) is 132 Å². The molecule has 5 aromatic rings. The summed E-state index contributed by atoms with van der Waals surface area (Å²) < 4.78 is 8.27. The van der Waals surface area contributed by atoms with Gasteiger partial charge in [-0.2, -0.15) is 10.2 Å². The molecule has 1 aliphatic heterocycles. The Hall–Kier alpha value is -4.05. The number of ether oxygens (including phenoxy) is 1. The van der Waals surface area contributed by atoms with Gasteiger partial charge in [0, 0.05) is 17.1 Å². The van der Waals surface area contributed by atoms with Crippen molar-refractivity contribution in [3.8, 4) is 17.1 Å². The predicted molar refractivity (Wildman–Crippen MR) is 129 cm³/mol. The summed E-state index contributed by atoms with van der Waals surface area (Å²) in [6.07, 6.45) is 7.03. The predicted octanol–water partition coefficient (Wildman–Crippen LogP) is 2.83. The van der Waals surface area contributed by atoms with Gasteiger partial charge in [-0.3, -0.25) is 5.10 Å². The van der Waals surface area contributed by atoms with E-state index in [9.17, 15) is 0 Å². The molecular weight excluding hydrogens is 430 g/mol. The van der Waals surface area contributed by atoms with E-state index in [1.165, 1.54) is 6.33 Å². The molecule has 0 radical (unpaired) electrons. The number of H-pyrrole nitrogens is 1. The number of rotatable bonds is 5. The number of nitrogens with one attached hydrogen (secondary N) is 2. The van der Waals surface area contributed by atoms with Crippen molar-refractivity contribution in [1.29, 1.82) is 0 Å². The lowest BCUT2D eigenvalue weighted by molar-refractivity contribution is 0.158. The molecule has 0 aliphatic carbocycles. The highest BCUT2D eigenvalue weighted by molar-refractivity contribution is 5.98. The van der Waals surface area contributed by atoms with Crippen LogP contribution < -0.4 is 15.8 Å². The molecule has 1 saturated heterocycles. The first-order valence-electron chi connectivity index (χ1n) is 11.4. The molecule has 0 unspecified atom stereocenters. The Morgan fingerprint density at radius 2 is 2.06 bits per heavy atom. The van der Waals surface area contributed by atoms with Crippen LogP contribution in [0, 0.1) is 6.92 Å². The Bertz CT molecular complexity index is 1470. The summed E-state index contributed by atoms with van der Waals surface area (Å²) in [6.45, 7) is 4.42. The molecule has 4 aromatic heterocycles. The van der Waals surface area contributed by atoms with E-state index < -0.39 is 0 Å². The number of aromatic amines is 1. The number of aromatic nitrogens is 7. The van der Waals surface area contributed by atoms with Crippen LogP contribution in [0.3, 0.4) is 0 Å². The number of hydrogen-bond acceptors (Lipinski definition) is 8. The molecule has 4 N–H and O–H groups in total. The van der Waals surface area contributed by atoms with Gasteiger partial charge >= 0.3 is 0 Å². The molecule has 0 spiro atoms. The molecule has 10 heteroatoms. The quantitative estimate of drug-likeness (QED) is 0.369. The summed E-state index contributed by atoms with van der Waals surface area (Å²) >= 11 is 0. The monoisotopic (exact) mass is 455 g/mol. The second kappa shape index (κ2) is 8.38. The molecular formula is C24H25N9O. The fourth-order valence-electron chi connectivity index (χ4n) is 4.61. The molecule has 6 rings (SSSR count). The summed E-state index contributed by atoms with van der Waals surface area (Å²) in [5.41, 5.74) is 10.4. The third-order valence-electron chi connectivity index (χ3n) is 6.29. The number of piperidine rings is 1. The van der Waals surface area contributed by atoms with E-state index in [4.69, 9.17) is 20.6 Å². The average molecular weight is 456 g/mol. The van der Waals surface area contributed by atoms with E-state index in [1.54, 1.807) is 12.4 Å². The molecule has 5 heterocycles. The van der Waals surface area contributed by atoms with Crippen molar-refractivity contribution in [1.82, 2.24) is 40.2 Å². The number of fused-ring (bicyclic) bond motifs is 2. The lowest BCUT2D eigenvalue weighted by Gasteiger charge is -2.24. The van der Waals surface area contributed by atoms with Gasteiger partial charge in [-0.15, -0.1) is 0 Å². The second-order valence-electron chi connectivity index (χ2n) is 8.61. The molecule has 34 heavy (non-hydrogen) atoms. The number of benzene rings is 1. The summed E-state index contributed by atoms with van der Waals surface area (Å²) in [6, 6.07) is 8.34. The molecule has 0 amide bonds. The Morgan fingerprint density at radius 3 is 2.88 bits per heavy atom. The lowest BCUT2D eigenvalue weighted by Crippen LogP contribution is -2.34. The zero-order valence-corrected chi connectivity index (χ0v) is 18.8. The summed E-state index contributed by atoms with van der Waals surface area (Å²) in [4.78, 5) is 13.6. The van der Waals surface area contributed by atoms with Crippen LogP contribution in [0.15, 0.2) is 43.0 Å². The average Bonchev–Trinajstić information content (AvgIpc) is 3.49. The number of aryl methyl sites for hydroxylation is 1. The number of pyridine rings is 1. The molecule has 0 bridgehead atoms. The Balaban J connectivity index is 1.45. The van der Waals surface area contributed by atoms with Gasteiger partial charge in [0.15, 0.2) is 5.65 Å². The van der Waals surface area contributed by atoms with Crippen LogP contribution in [0.25, 0.3) is 33.1 Å². The molecule has 1 aliphatic rings. The van der Waals surface area contributed by atoms with Gasteiger partial charge in [-0.25, -0.2) is 19.6 Å². The van der Waals surface area contributed by atoms with E-state index in [0.717, 1.165) is 53.5 Å². The second-order valence-corrected chi connectivity index (χ2v) is 8.61. The molecule has 172 valence electrons. The van der Waals surface area contributed by atoms with Crippen molar-refractivity contribution in [2.45, 2.75) is 32.4 Å². The third kappa shape index (κ3) is 3.61. The summed E-state index contributed by atoms with van der Waals surface area (Å²) in [5, 5.41) is 17.9. The van der Waals surface area contributed by atoms with E-state index in [0.29, 0.717) is 35.0 Å². The first-order chi connectivity index (χ1) is 16.7. The smallest absolute Gasteiger partial charge is 0.222 e. The van der Waals surface area contributed by atoms with Gasteiger partial charge in [0.2, 0.25) is 5.88 Å². The minimum Gasteiger partial charge on any atom is -0.474 e. The highest BCUT2D eigenvalue weighted by Crippen LogP contribution is 2.32. The van der Waals surface area contributed by atoms with Crippen molar-refractivity contribution in [3.63, 3.8) is 0 Å². The Kier molecular flexibility index (Phi) is 5.06. The lowest BCUT2D eigenvalue weighted by atomic mass is 10.1. The molecule has 10 nitrogen and oxygen atoms in total. The van der Waals surface area contributed by atoms with Gasteiger partial charge in [0.05, 0.1) is 23.8 Å². The zero-order valence-electron chi connectivity index (χ0n) is 18.8. The van der Waals surface area contributed by atoms with Crippen LogP contribution in [0.5, 0.6) is 5.88 Å². The number of anilines is 1. The SMILES string of the molecule is Cc1cccc2cc(Cn3nc(-c4cn[nH]c4)c4c(N)ncnc43)nc(OC3CCNCC3)c12. The van der Waals surface area contributed by atoms with Crippen LogP contribution in [0.4, 0.5) is 5.82 Å². The Labute approximate surface area is 195 Å². The molecule has 1 aromatic carbocycles. The van der Waals surface area contributed by atoms with Crippen LogP contribution in [-0.4, -0.2) is 54.1 Å². The van der Waals surface area contributed by atoms with Crippen molar-refractivity contribution in [3.05, 3.63) is 54.2 Å². The van der Waals surface area contributed by atoms with Gasteiger partial charge < -0.3 is 15.8 Å². The van der Waals surface area contributed by atoms with Gasteiger partial charge in [-0.05, 0) is 49.9 Å². The van der Waals surface area contributed by atoms with Crippen LogP contribution in [0.2, 0.25) is 0 Å². The third-order valence-corrected chi connectivity index (χ3v) is 6.29. The van der Waals surface area contributed by atoms with E-state index in [1.807, 2.05) is 4.68 Å². The number of nitrogens with two attached hydrogens (primary N) is 1. The molecule has 1 fully saturated rings. The summed E-state index contributed by atoms with van der Waals surface area (Å²) in [7, 11) is 0. The van der Waals surface area contributed by atoms with Gasteiger partial charge in [0.25, 0.3) is 0 Å². The minimum absolute atomic E-state index is 0.151. The van der Waals surface area contributed by atoms with Crippen LogP contribution in [-0.2, 0) is 6.54 Å². The minimum atomic E-state index is 0.151. The van der Waals surface area contributed by atoms with Gasteiger partial charge in [0.1, 0.15) is 23.9 Å². The van der Waals surface area contributed by atoms with Gasteiger partial charge in [-0.1, -0.05) is 18.2 Å². The molecule has 0 atom stereocenters. The first-order valence-corrected chi connectivity index (χ1v) is 11.4. The van der Waals surface area contributed by atoms with Crippen molar-refractivity contribution < 1.29 is 4.74 Å². The van der Waals surface area contributed by atoms with Crippen LogP contribution >= 0.6 is 0 Å². The standard InChI is InChI=1S/C24H25N9O/c1-14-3-2-4-15-9-17(31-24(19(14)15)34-18-5-7-26-8-6-18)12-33-23-20(22(25)27-13-28-23)21(32-33)16-10-29-30-11-16/h2-4,9-11,13,18,26H,5-8,12H2,1H3,(H,29,30)(H2,25,27,28). The maximum Gasteiger partial charge on any atom is 0.222 e. The first kappa shape index (κ1) is 20.5. The highest BCUT2D eigenvalue weighted by atomic mass is 16.5. The number of nitrogen functional groups attached to an aromatic ring is 1. The van der Waals surface area contributed by atoms with Crippen molar-refractivity contribution >= 4 is 27.6 Å². The number of hydrogen-bond donors (Lipinski definition) is 3. The Morgan fingerprint density at radius 1 is 1.18 bits per heavy atom. The fraction of sp³-hybridized carbons (Fsp3) is 0.292. The fourth-order valence-corrected chi connectivity index (χ4v) is 4.61. The largest absolute Gasteiger partial charge is 0.474 e. The highest BCUT2D eigenvalue weighted by Gasteiger charge is 2.21. The van der Waals surface area contributed by atoms with E-state index >= 15 is 0 Å². The summed E-state index contributed by atoms with van der Waals surface area (Å²) in [5.74, 6) is 1.06. The molecule has 0 saturated carbocycles. The number of nitrogens with zero attached hydrogens (tertiary/aromatic N) is 6. The van der Waals surface area contributed by atoms with E-state index in [-0.39, 0.29) is 6.10 Å². The maximum absolute atomic E-state index is 6.46. The van der Waals surface area contributed by atoms with Crippen molar-refractivity contribution in [2.75, 3.05) is 18.8 Å².